The monoisotopic (exact) mass is 451 g/mol. The first-order valence-corrected chi connectivity index (χ1v) is 10.4. The highest BCUT2D eigenvalue weighted by Gasteiger charge is 2.33. The Morgan fingerprint density at radius 3 is 2.47 bits per heavy atom. The zero-order valence-electron chi connectivity index (χ0n) is 17.4. The van der Waals surface area contributed by atoms with Crippen molar-refractivity contribution in [2.45, 2.75) is 0 Å². The quantitative estimate of drug-likeness (QED) is 0.248. The molecular weight excluding hydrogens is 437 g/mol. The molecule has 7 heteroatoms. The number of hydrogen-bond acceptors (Lipinski definition) is 6. The van der Waals surface area contributed by atoms with Gasteiger partial charge in [0.25, 0.3) is 0 Å². The molecule has 0 bridgehead atoms. The second kappa shape index (κ2) is 7.67. The zero-order valence-corrected chi connectivity index (χ0v) is 17.4. The Kier molecular flexibility index (Phi) is 4.48. The number of nitrogens with zero attached hydrogens (tertiary/aromatic N) is 1. The summed E-state index contributed by atoms with van der Waals surface area (Å²) in [5, 5.41) is 5.66. The molecule has 6 nitrogen and oxygen atoms in total. The summed E-state index contributed by atoms with van der Waals surface area (Å²) in [7, 11) is 0. The third-order valence-corrected chi connectivity index (χ3v) is 5.55. The predicted octanol–water partition coefficient (Wildman–Crippen LogP) is 5.96. The van der Waals surface area contributed by atoms with E-state index in [0.717, 1.165) is 6.07 Å². The first-order chi connectivity index (χ1) is 16.6. The standard InChI is InChI=1S/C27H14FNO5/c28-16-8-6-7-15(13-16)27(31)33-25-18-11-4-5-12-19(18)26-23-22(25)20(30)14-21(24(23)29-34-26)32-17-9-2-1-3-10-17/h1-14H. The van der Waals surface area contributed by atoms with E-state index in [9.17, 15) is 14.0 Å². The fraction of sp³-hybridized carbons (Fsp3) is 0. The molecule has 0 saturated heterocycles. The number of fused-ring (bicyclic) bond motifs is 2. The van der Waals surface area contributed by atoms with Gasteiger partial charge >= 0.3 is 5.97 Å². The number of ether oxygens (including phenoxy) is 2. The van der Waals surface area contributed by atoms with E-state index in [-0.39, 0.29) is 22.6 Å². The number of para-hydroxylation sites is 1. The molecule has 0 radical (unpaired) electrons. The van der Waals surface area contributed by atoms with E-state index in [1.807, 2.05) is 18.2 Å². The lowest BCUT2D eigenvalue weighted by atomic mass is 9.92. The van der Waals surface area contributed by atoms with Gasteiger partial charge in [0.1, 0.15) is 11.6 Å². The number of aromatic nitrogens is 1. The normalized spacial score (nSPS) is 12.6. The first kappa shape index (κ1) is 19.9. The van der Waals surface area contributed by atoms with Gasteiger partial charge in [0.2, 0.25) is 0 Å². The van der Waals surface area contributed by atoms with E-state index < -0.39 is 17.6 Å². The van der Waals surface area contributed by atoms with Gasteiger partial charge in [0.05, 0.1) is 16.5 Å². The molecule has 0 spiro atoms. The van der Waals surface area contributed by atoms with Crippen molar-refractivity contribution in [3.63, 3.8) is 0 Å². The van der Waals surface area contributed by atoms with Crippen LogP contribution in [-0.2, 0) is 0 Å². The van der Waals surface area contributed by atoms with Crippen LogP contribution in [0.15, 0.2) is 89.5 Å². The van der Waals surface area contributed by atoms with Crippen LogP contribution in [0.3, 0.4) is 0 Å². The van der Waals surface area contributed by atoms with Crippen molar-refractivity contribution in [3.8, 4) is 11.5 Å². The van der Waals surface area contributed by atoms with Gasteiger partial charge in [-0.15, -0.1) is 0 Å². The number of ketones is 1. The van der Waals surface area contributed by atoms with Crippen molar-refractivity contribution in [2.75, 3.05) is 0 Å². The Bertz CT molecular complexity index is 1650. The summed E-state index contributed by atoms with van der Waals surface area (Å²) in [5.74, 6) is -0.985. The van der Waals surface area contributed by atoms with E-state index in [1.54, 1.807) is 36.4 Å². The highest BCUT2D eigenvalue weighted by molar-refractivity contribution is 6.27. The van der Waals surface area contributed by atoms with Crippen molar-refractivity contribution >= 4 is 39.3 Å². The highest BCUT2D eigenvalue weighted by atomic mass is 19.1. The third-order valence-electron chi connectivity index (χ3n) is 5.55. The molecule has 0 unspecified atom stereocenters. The van der Waals surface area contributed by atoms with Crippen molar-refractivity contribution in [2.24, 2.45) is 0 Å². The molecule has 1 aromatic heterocycles. The van der Waals surface area contributed by atoms with E-state index in [0.29, 0.717) is 33.2 Å². The van der Waals surface area contributed by atoms with Gasteiger partial charge in [-0.05, 0) is 30.3 Å². The SMILES string of the molecule is O=C(Oc1c2c3c(noc3c3ccccc13)C(Oc1ccccc1)=CC2=O)c1cccc(F)c1. The molecule has 1 heterocycles. The number of benzene rings is 4. The molecule has 164 valence electrons. The maximum atomic E-state index is 13.7. The number of carbonyl (C=O) groups is 2. The summed E-state index contributed by atoms with van der Waals surface area (Å²) in [4.78, 5) is 26.2. The number of allylic oxidation sites excluding steroid dienone is 1. The molecule has 0 N–H and O–H groups in total. The molecule has 0 atom stereocenters. The summed E-state index contributed by atoms with van der Waals surface area (Å²) in [6, 6.07) is 21.2. The molecule has 0 fully saturated rings. The maximum Gasteiger partial charge on any atom is 0.343 e. The number of rotatable bonds is 4. The number of carbonyl (C=O) groups excluding carboxylic acids is 2. The van der Waals surface area contributed by atoms with E-state index in [2.05, 4.69) is 5.16 Å². The van der Waals surface area contributed by atoms with Gasteiger partial charge in [-0.2, -0.15) is 0 Å². The molecular formula is C27H14FNO5. The maximum absolute atomic E-state index is 13.7. The van der Waals surface area contributed by atoms with Gasteiger partial charge in [-0.3, -0.25) is 4.79 Å². The first-order valence-electron chi connectivity index (χ1n) is 10.4. The van der Waals surface area contributed by atoms with E-state index in [4.69, 9.17) is 14.0 Å². The molecule has 0 amide bonds. The lowest BCUT2D eigenvalue weighted by Gasteiger charge is -2.17. The molecule has 4 aromatic carbocycles. The summed E-state index contributed by atoms with van der Waals surface area (Å²) >= 11 is 0. The average molecular weight is 451 g/mol. The molecule has 1 aliphatic rings. The zero-order chi connectivity index (χ0) is 23.2. The second-order valence-corrected chi connectivity index (χ2v) is 7.67. The topological polar surface area (TPSA) is 78.6 Å². The average Bonchev–Trinajstić information content (AvgIpc) is 3.29. The largest absolute Gasteiger partial charge is 0.455 e. The minimum Gasteiger partial charge on any atom is -0.455 e. The van der Waals surface area contributed by atoms with Crippen LogP contribution in [0.2, 0.25) is 0 Å². The fourth-order valence-electron chi connectivity index (χ4n) is 4.06. The van der Waals surface area contributed by atoms with Gasteiger partial charge in [-0.1, -0.05) is 53.7 Å². The van der Waals surface area contributed by atoms with Crippen molar-refractivity contribution in [1.29, 1.82) is 0 Å². The smallest absolute Gasteiger partial charge is 0.343 e. The Hall–Kier alpha value is -4.78. The minimum atomic E-state index is -0.790. The predicted molar refractivity (Wildman–Crippen MR) is 122 cm³/mol. The Labute approximate surface area is 191 Å². The second-order valence-electron chi connectivity index (χ2n) is 7.67. The van der Waals surface area contributed by atoms with Crippen LogP contribution in [0.4, 0.5) is 4.39 Å². The molecule has 34 heavy (non-hydrogen) atoms. The molecule has 1 aliphatic carbocycles. The van der Waals surface area contributed by atoms with Crippen LogP contribution in [0, 0.1) is 5.82 Å². The highest BCUT2D eigenvalue weighted by Crippen LogP contribution is 2.44. The summed E-state index contributed by atoms with van der Waals surface area (Å²) in [5.41, 5.74) is 0.855. The molecule has 6 rings (SSSR count). The Morgan fingerprint density at radius 2 is 1.68 bits per heavy atom. The summed E-state index contributed by atoms with van der Waals surface area (Å²) in [6.45, 7) is 0. The van der Waals surface area contributed by atoms with Crippen LogP contribution < -0.4 is 9.47 Å². The summed E-state index contributed by atoms with van der Waals surface area (Å²) < 4.78 is 30.9. The lowest BCUT2D eigenvalue weighted by molar-refractivity contribution is 0.0735. The number of hydrogen-bond donors (Lipinski definition) is 0. The fourth-order valence-corrected chi connectivity index (χ4v) is 4.06. The van der Waals surface area contributed by atoms with Gasteiger partial charge in [0, 0.05) is 16.8 Å². The van der Waals surface area contributed by atoms with Gasteiger partial charge < -0.3 is 14.0 Å². The van der Waals surface area contributed by atoms with Gasteiger partial charge in [0.15, 0.2) is 28.6 Å². The van der Waals surface area contributed by atoms with Crippen molar-refractivity contribution in [3.05, 3.63) is 108 Å². The van der Waals surface area contributed by atoms with Crippen molar-refractivity contribution in [1.82, 2.24) is 5.16 Å². The molecule has 5 aromatic rings. The van der Waals surface area contributed by atoms with E-state index in [1.165, 1.54) is 24.3 Å². The van der Waals surface area contributed by atoms with Crippen LogP contribution >= 0.6 is 0 Å². The van der Waals surface area contributed by atoms with Crippen molar-refractivity contribution < 1.29 is 28.0 Å². The van der Waals surface area contributed by atoms with Crippen LogP contribution in [-0.4, -0.2) is 16.9 Å². The van der Waals surface area contributed by atoms with E-state index >= 15 is 0 Å². The summed E-state index contributed by atoms with van der Waals surface area (Å²) in [6.07, 6.45) is 1.29. The number of esters is 1. The molecule has 0 saturated carbocycles. The number of halogens is 1. The van der Waals surface area contributed by atoms with Crippen LogP contribution in [0.25, 0.3) is 27.5 Å². The van der Waals surface area contributed by atoms with Crippen LogP contribution in [0.5, 0.6) is 11.5 Å². The minimum absolute atomic E-state index is 0.0221. The van der Waals surface area contributed by atoms with Crippen LogP contribution in [0.1, 0.15) is 26.4 Å². The Balaban J connectivity index is 1.54. The lowest BCUT2D eigenvalue weighted by Crippen LogP contribution is -2.15. The third kappa shape index (κ3) is 3.14. The van der Waals surface area contributed by atoms with Gasteiger partial charge in [-0.25, -0.2) is 9.18 Å². The Morgan fingerprint density at radius 1 is 0.912 bits per heavy atom. The molecule has 0 aliphatic heterocycles.